The fraction of sp³-hybridized carbons (Fsp3) is 0.450. The van der Waals surface area contributed by atoms with Crippen LogP contribution in [0.1, 0.15) is 60.6 Å². The number of sulfonamides is 1. The molecule has 1 aliphatic carbocycles. The molecule has 1 aliphatic heterocycles. The number of nitrogens with zero attached hydrogens (tertiary/aromatic N) is 3. The first-order valence-electron chi connectivity index (χ1n) is 9.94. The van der Waals surface area contributed by atoms with Gasteiger partial charge < -0.3 is 10.2 Å². The first kappa shape index (κ1) is 19.6. The lowest BCUT2D eigenvalue weighted by Crippen LogP contribution is -2.26. The number of anilines is 1. The third kappa shape index (κ3) is 4.67. The topological polar surface area (TPSA) is 108 Å². The number of likely N-dealkylation sites (tertiary alicyclic amines) is 1. The number of rotatable bonds is 5. The van der Waals surface area contributed by atoms with Gasteiger partial charge in [0.25, 0.3) is 15.9 Å². The van der Waals surface area contributed by atoms with Gasteiger partial charge in [-0.15, -0.1) is 4.40 Å². The SMILES string of the molecule is CN1CCCCC/C1=N\S(=O)(=O)c1cccc(NC(=O)c2cc(C3CC3)[nH]n2)c1. The van der Waals surface area contributed by atoms with E-state index in [-0.39, 0.29) is 10.8 Å². The minimum Gasteiger partial charge on any atom is -0.362 e. The Balaban J connectivity index is 1.51. The van der Waals surface area contributed by atoms with Gasteiger partial charge in [-0.2, -0.15) is 13.5 Å². The molecular weight excluding hydrogens is 390 g/mol. The van der Waals surface area contributed by atoms with Gasteiger partial charge in [0.2, 0.25) is 0 Å². The minimum atomic E-state index is -3.86. The second-order valence-corrected chi connectivity index (χ2v) is 9.28. The van der Waals surface area contributed by atoms with Gasteiger partial charge in [0.15, 0.2) is 5.69 Å². The number of hydrogen-bond acceptors (Lipinski definition) is 4. The summed E-state index contributed by atoms with van der Waals surface area (Å²) < 4.78 is 29.7. The first-order chi connectivity index (χ1) is 13.9. The number of amidine groups is 1. The Hall–Kier alpha value is -2.68. The highest BCUT2D eigenvalue weighted by Gasteiger charge is 2.26. The smallest absolute Gasteiger partial charge is 0.284 e. The number of carbonyl (C=O) groups excluding carboxylic acids is 1. The van der Waals surface area contributed by atoms with Gasteiger partial charge in [0.1, 0.15) is 5.84 Å². The first-order valence-corrected chi connectivity index (χ1v) is 11.4. The predicted octanol–water partition coefficient (Wildman–Crippen LogP) is 3.13. The molecule has 1 saturated carbocycles. The quantitative estimate of drug-likeness (QED) is 0.780. The molecule has 4 rings (SSSR count). The van der Waals surface area contributed by atoms with Crippen molar-refractivity contribution in [3.8, 4) is 0 Å². The van der Waals surface area contributed by atoms with Gasteiger partial charge in [-0.25, -0.2) is 0 Å². The molecule has 2 fully saturated rings. The van der Waals surface area contributed by atoms with Crippen LogP contribution in [0.3, 0.4) is 0 Å². The molecule has 8 nitrogen and oxygen atoms in total. The molecule has 2 aromatic rings. The molecule has 2 heterocycles. The van der Waals surface area contributed by atoms with Crippen molar-refractivity contribution in [2.45, 2.75) is 49.3 Å². The number of nitrogens with one attached hydrogen (secondary N) is 2. The van der Waals surface area contributed by atoms with Gasteiger partial charge in [-0.05, 0) is 49.9 Å². The molecule has 9 heteroatoms. The van der Waals surface area contributed by atoms with Crippen LogP contribution in [0.4, 0.5) is 5.69 Å². The second kappa shape index (κ2) is 7.98. The summed E-state index contributed by atoms with van der Waals surface area (Å²) in [5.41, 5.74) is 1.65. The van der Waals surface area contributed by atoms with Crippen molar-refractivity contribution in [3.05, 3.63) is 41.7 Å². The number of benzene rings is 1. The van der Waals surface area contributed by atoms with Crippen LogP contribution in [0.5, 0.6) is 0 Å². The molecule has 0 atom stereocenters. The maximum atomic E-state index is 12.8. The third-order valence-corrected chi connectivity index (χ3v) is 6.60. The highest BCUT2D eigenvalue weighted by molar-refractivity contribution is 7.90. The number of aromatic amines is 1. The molecule has 29 heavy (non-hydrogen) atoms. The number of carbonyl (C=O) groups is 1. The summed E-state index contributed by atoms with van der Waals surface area (Å²) in [5, 5.41) is 9.67. The third-order valence-electron chi connectivity index (χ3n) is 5.30. The molecule has 2 N–H and O–H groups in total. The van der Waals surface area contributed by atoms with Gasteiger partial charge in [0, 0.05) is 37.3 Å². The Morgan fingerprint density at radius 3 is 2.86 bits per heavy atom. The molecule has 1 aromatic heterocycles. The van der Waals surface area contributed by atoms with Crippen LogP contribution in [-0.4, -0.2) is 48.9 Å². The monoisotopic (exact) mass is 415 g/mol. The maximum absolute atomic E-state index is 12.8. The number of amides is 1. The van der Waals surface area contributed by atoms with E-state index >= 15 is 0 Å². The van der Waals surface area contributed by atoms with Crippen LogP contribution in [0.2, 0.25) is 0 Å². The van der Waals surface area contributed by atoms with Crippen molar-refractivity contribution < 1.29 is 13.2 Å². The van der Waals surface area contributed by atoms with E-state index < -0.39 is 10.0 Å². The Bertz CT molecular complexity index is 1040. The highest BCUT2D eigenvalue weighted by Crippen LogP contribution is 2.39. The van der Waals surface area contributed by atoms with Gasteiger partial charge in [0.05, 0.1) is 4.90 Å². The van der Waals surface area contributed by atoms with E-state index in [1.54, 1.807) is 18.2 Å². The van der Waals surface area contributed by atoms with Crippen LogP contribution in [-0.2, 0) is 10.0 Å². The van der Waals surface area contributed by atoms with Gasteiger partial charge in [-0.3, -0.25) is 9.89 Å². The van der Waals surface area contributed by atoms with E-state index in [1.807, 2.05) is 11.9 Å². The zero-order valence-electron chi connectivity index (χ0n) is 16.4. The molecule has 154 valence electrons. The van der Waals surface area contributed by atoms with Crippen molar-refractivity contribution in [2.24, 2.45) is 4.40 Å². The summed E-state index contributed by atoms with van der Waals surface area (Å²) >= 11 is 0. The predicted molar refractivity (Wildman–Crippen MR) is 111 cm³/mol. The van der Waals surface area contributed by atoms with Crippen LogP contribution in [0, 0.1) is 0 Å². The molecule has 1 aromatic carbocycles. The molecule has 0 spiro atoms. The summed E-state index contributed by atoms with van der Waals surface area (Å²) in [4.78, 5) is 14.4. The van der Waals surface area contributed by atoms with Crippen LogP contribution in [0.15, 0.2) is 39.6 Å². The Labute approximate surface area is 170 Å². The fourth-order valence-corrected chi connectivity index (χ4v) is 4.56. The van der Waals surface area contributed by atoms with E-state index in [0.29, 0.717) is 29.6 Å². The standard InChI is InChI=1S/C20H25N5O3S/c1-25-11-4-2-3-8-19(25)24-29(27,28)16-7-5-6-15(12-16)21-20(26)18-13-17(22-23-18)14-9-10-14/h5-7,12-14H,2-4,8-11H2,1H3,(H,21,26)(H,22,23)/b24-19+. The average molecular weight is 416 g/mol. The van der Waals surface area contributed by atoms with Gasteiger partial charge >= 0.3 is 0 Å². The molecule has 0 radical (unpaired) electrons. The van der Waals surface area contributed by atoms with E-state index in [9.17, 15) is 13.2 Å². The Morgan fingerprint density at radius 1 is 1.24 bits per heavy atom. The number of aromatic nitrogens is 2. The molecule has 0 bridgehead atoms. The molecule has 1 amide bonds. The van der Waals surface area contributed by atoms with Gasteiger partial charge in [-0.1, -0.05) is 12.5 Å². The lowest BCUT2D eigenvalue weighted by atomic mass is 10.2. The van der Waals surface area contributed by atoms with Crippen molar-refractivity contribution in [1.29, 1.82) is 0 Å². The zero-order chi connectivity index (χ0) is 20.4. The second-order valence-electron chi connectivity index (χ2n) is 7.68. The fourth-order valence-electron chi connectivity index (χ4n) is 3.42. The molecular formula is C20H25N5O3S. The highest BCUT2D eigenvalue weighted by atomic mass is 32.2. The summed E-state index contributed by atoms with van der Waals surface area (Å²) in [5.74, 6) is 0.678. The maximum Gasteiger partial charge on any atom is 0.284 e. The summed E-state index contributed by atoms with van der Waals surface area (Å²) in [6.07, 6.45) is 5.91. The summed E-state index contributed by atoms with van der Waals surface area (Å²) in [6, 6.07) is 7.92. The van der Waals surface area contributed by atoms with Crippen molar-refractivity contribution >= 4 is 27.5 Å². The van der Waals surface area contributed by atoms with E-state index in [4.69, 9.17) is 0 Å². The molecule has 1 saturated heterocycles. The minimum absolute atomic E-state index is 0.0566. The van der Waals surface area contributed by atoms with E-state index in [2.05, 4.69) is 19.9 Å². The van der Waals surface area contributed by atoms with Crippen molar-refractivity contribution in [3.63, 3.8) is 0 Å². The lowest BCUT2D eigenvalue weighted by Gasteiger charge is -2.17. The zero-order valence-corrected chi connectivity index (χ0v) is 17.2. The van der Waals surface area contributed by atoms with Crippen molar-refractivity contribution in [2.75, 3.05) is 18.9 Å². The van der Waals surface area contributed by atoms with Crippen LogP contribution >= 0.6 is 0 Å². The lowest BCUT2D eigenvalue weighted by molar-refractivity contribution is 0.102. The van der Waals surface area contributed by atoms with Crippen LogP contribution < -0.4 is 5.32 Å². The average Bonchev–Trinajstić information content (AvgIpc) is 3.46. The Morgan fingerprint density at radius 2 is 2.07 bits per heavy atom. The largest absolute Gasteiger partial charge is 0.362 e. The molecule has 0 unspecified atom stereocenters. The van der Waals surface area contributed by atoms with E-state index in [0.717, 1.165) is 44.3 Å². The Kier molecular flexibility index (Phi) is 5.40. The number of hydrogen-bond donors (Lipinski definition) is 2. The van der Waals surface area contributed by atoms with Crippen LogP contribution in [0.25, 0.3) is 0 Å². The van der Waals surface area contributed by atoms with E-state index in [1.165, 1.54) is 12.1 Å². The van der Waals surface area contributed by atoms with Crippen molar-refractivity contribution in [1.82, 2.24) is 15.1 Å². The molecule has 2 aliphatic rings. The normalized spacial score (nSPS) is 19.2. The summed E-state index contributed by atoms with van der Waals surface area (Å²) in [7, 11) is -1.99. The summed E-state index contributed by atoms with van der Waals surface area (Å²) in [6.45, 7) is 0.803. The number of H-pyrrole nitrogens is 1.